The minimum absolute atomic E-state index is 0.0594. The van der Waals surface area contributed by atoms with Gasteiger partial charge in [0.15, 0.2) is 0 Å². The first-order valence-electron chi connectivity index (χ1n) is 8.49. The van der Waals surface area contributed by atoms with E-state index in [4.69, 9.17) is 0 Å². The lowest BCUT2D eigenvalue weighted by Crippen LogP contribution is -2.44. The van der Waals surface area contributed by atoms with E-state index in [2.05, 4.69) is 20.8 Å². The van der Waals surface area contributed by atoms with E-state index in [1.807, 2.05) is 12.1 Å². The second-order valence-electron chi connectivity index (χ2n) is 7.96. The molecule has 0 bridgehead atoms. The lowest BCUT2D eigenvalue weighted by Gasteiger charge is -2.27. The average Bonchev–Trinajstić information content (AvgIpc) is 3.06. The van der Waals surface area contributed by atoms with E-state index in [0.29, 0.717) is 6.42 Å². The lowest BCUT2D eigenvalue weighted by molar-refractivity contribution is -0.141. The quantitative estimate of drug-likeness (QED) is 0.908. The van der Waals surface area contributed by atoms with Crippen LogP contribution >= 0.6 is 0 Å². The van der Waals surface area contributed by atoms with Crippen molar-refractivity contribution in [1.29, 1.82) is 0 Å². The Kier molecular flexibility index (Phi) is 4.24. The van der Waals surface area contributed by atoms with Gasteiger partial charge in [-0.1, -0.05) is 39.3 Å². The molecule has 1 aliphatic heterocycles. The fourth-order valence-electron chi connectivity index (χ4n) is 4.05. The number of aliphatic carboxylic acids is 1. The highest BCUT2D eigenvalue weighted by Gasteiger charge is 2.52. The summed E-state index contributed by atoms with van der Waals surface area (Å²) >= 11 is 0. The molecule has 1 aliphatic carbocycles. The Morgan fingerprint density at radius 1 is 1.17 bits per heavy atom. The molecule has 2 fully saturated rings. The Hall–Kier alpha value is -1.40. The third-order valence-corrected chi connectivity index (χ3v) is 7.31. The van der Waals surface area contributed by atoms with E-state index < -0.39 is 22.0 Å². The van der Waals surface area contributed by atoms with Gasteiger partial charge in [0.2, 0.25) is 10.0 Å². The van der Waals surface area contributed by atoms with E-state index in [-0.39, 0.29) is 22.3 Å². The fourth-order valence-corrected chi connectivity index (χ4v) is 5.92. The molecule has 0 radical (unpaired) electrons. The molecule has 1 saturated heterocycles. The first-order chi connectivity index (χ1) is 11.1. The third-order valence-electron chi connectivity index (χ3n) is 5.36. The predicted octanol–water partition coefficient (Wildman–Crippen LogP) is 3.00. The van der Waals surface area contributed by atoms with Crippen LogP contribution < -0.4 is 0 Å². The lowest BCUT2D eigenvalue weighted by atomic mass is 9.87. The fraction of sp³-hybridized carbons (Fsp3) is 0.611. The minimum Gasteiger partial charge on any atom is -0.480 e. The average molecular weight is 351 g/mol. The van der Waals surface area contributed by atoms with Gasteiger partial charge < -0.3 is 5.11 Å². The van der Waals surface area contributed by atoms with Crippen molar-refractivity contribution in [2.45, 2.75) is 68.8 Å². The third kappa shape index (κ3) is 2.86. The highest BCUT2D eigenvalue weighted by molar-refractivity contribution is 7.89. The number of benzene rings is 1. The zero-order valence-corrected chi connectivity index (χ0v) is 15.2. The number of hydrogen-bond donors (Lipinski definition) is 1. The number of fused-ring (bicyclic) bond motifs is 1. The largest absolute Gasteiger partial charge is 0.480 e. The first-order valence-corrected chi connectivity index (χ1v) is 9.93. The van der Waals surface area contributed by atoms with E-state index in [1.165, 1.54) is 4.31 Å². The molecule has 1 aromatic carbocycles. The summed E-state index contributed by atoms with van der Waals surface area (Å²) in [5.74, 6) is -0.867. The van der Waals surface area contributed by atoms with Crippen LogP contribution in [-0.4, -0.2) is 35.9 Å². The second kappa shape index (κ2) is 5.85. The van der Waals surface area contributed by atoms with Crippen LogP contribution in [-0.2, 0) is 20.2 Å². The zero-order valence-electron chi connectivity index (χ0n) is 14.4. The summed E-state index contributed by atoms with van der Waals surface area (Å²) in [6.07, 6.45) is 3.08. The number of carbonyl (C=O) groups is 1. The van der Waals surface area contributed by atoms with Gasteiger partial charge in [-0.3, -0.25) is 4.79 Å². The van der Waals surface area contributed by atoms with E-state index >= 15 is 0 Å². The maximum absolute atomic E-state index is 13.1. The van der Waals surface area contributed by atoms with Gasteiger partial charge in [-0.05, 0) is 48.3 Å². The molecule has 1 heterocycles. The van der Waals surface area contributed by atoms with Crippen molar-refractivity contribution in [3.63, 3.8) is 0 Å². The second-order valence-corrected chi connectivity index (χ2v) is 9.80. The Balaban J connectivity index is 1.98. The van der Waals surface area contributed by atoms with Crippen LogP contribution in [0.1, 0.15) is 52.0 Å². The summed E-state index contributed by atoms with van der Waals surface area (Å²) in [7, 11) is -3.80. The van der Waals surface area contributed by atoms with Crippen molar-refractivity contribution in [2.24, 2.45) is 5.92 Å². The SMILES string of the molecule is CC(C)(C)c1ccc(S(=O)(=O)N2[C@@H](C(=O)O)CC3CCC[C@H]32)cc1. The van der Waals surface area contributed by atoms with Crippen LogP contribution in [0.2, 0.25) is 0 Å². The number of sulfonamides is 1. The normalized spacial score (nSPS) is 28.0. The molecule has 3 rings (SSSR count). The molecule has 1 aromatic rings. The summed E-state index contributed by atoms with van der Waals surface area (Å²) in [6.45, 7) is 6.21. The van der Waals surface area contributed by atoms with Gasteiger partial charge in [-0.2, -0.15) is 4.31 Å². The van der Waals surface area contributed by atoms with Crippen LogP contribution in [0.3, 0.4) is 0 Å². The molecule has 5 nitrogen and oxygen atoms in total. The van der Waals surface area contributed by atoms with Crippen molar-refractivity contribution in [2.75, 3.05) is 0 Å². The van der Waals surface area contributed by atoms with Crippen LogP contribution in [0.25, 0.3) is 0 Å². The summed E-state index contributed by atoms with van der Waals surface area (Å²) in [5, 5.41) is 9.49. The minimum atomic E-state index is -3.80. The molecule has 6 heteroatoms. The van der Waals surface area contributed by atoms with Crippen molar-refractivity contribution < 1.29 is 18.3 Å². The standard InChI is InChI=1S/C18H25NO4S/c1-18(2,3)13-7-9-14(10-8-13)24(22,23)19-15-6-4-5-12(15)11-16(19)17(20)21/h7-10,12,15-16H,4-6,11H2,1-3H3,(H,20,21)/t12?,15-,16-/m1/s1. The van der Waals surface area contributed by atoms with Gasteiger partial charge >= 0.3 is 5.97 Å². The first kappa shape index (κ1) is 17.4. The topological polar surface area (TPSA) is 74.7 Å². The molecule has 0 spiro atoms. The van der Waals surface area contributed by atoms with Gasteiger partial charge in [0.1, 0.15) is 6.04 Å². The van der Waals surface area contributed by atoms with E-state index in [9.17, 15) is 18.3 Å². The zero-order chi connectivity index (χ0) is 17.7. The molecule has 0 amide bonds. The maximum atomic E-state index is 13.1. The molecule has 0 aromatic heterocycles. The molecule has 2 aliphatic rings. The number of nitrogens with zero attached hydrogens (tertiary/aromatic N) is 1. The molecule has 1 unspecified atom stereocenters. The Morgan fingerprint density at radius 3 is 2.33 bits per heavy atom. The molecule has 3 atom stereocenters. The van der Waals surface area contributed by atoms with Crippen molar-refractivity contribution in [3.05, 3.63) is 29.8 Å². The highest BCUT2D eigenvalue weighted by atomic mass is 32.2. The van der Waals surface area contributed by atoms with Crippen LogP contribution in [0.5, 0.6) is 0 Å². The maximum Gasteiger partial charge on any atom is 0.322 e. The Labute approximate surface area is 143 Å². The van der Waals surface area contributed by atoms with Crippen LogP contribution in [0.15, 0.2) is 29.2 Å². The molecule has 1 saturated carbocycles. The molecular weight excluding hydrogens is 326 g/mol. The van der Waals surface area contributed by atoms with Crippen molar-refractivity contribution in [3.8, 4) is 0 Å². The van der Waals surface area contributed by atoms with Gasteiger partial charge in [0.05, 0.1) is 4.90 Å². The number of hydrogen-bond acceptors (Lipinski definition) is 3. The number of carboxylic acid groups (broad SMARTS) is 1. The summed E-state index contributed by atoms with van der Waals surface area (Å²) < 4.78 is 27.5. The van der Waals surface area contributed by atoms with Gasteiger partial charge in [0.25, 0.3) is 0 Å². The van der Waals surface area contributed by atoms with Crippen molar-refractivity contribution in [1.82, 2.24) is 4.31 Å². The predicted molar refractivity (Wildman–Crippen MR) is 91.3 cm³/mol. The smallest absolute Gasteiger partial charge is 0.322 e. The number of carboxylic acids is 1. The molecule has 132 valence electrons. The summed E-state index contributed by atoms with van der Waals surface area (Å²) in [6, 6.07) is 5.76. The summed E-state index contributed by atoms with van der Waals surface area (Å²) in [5.41, 5.74) is 0.993. The van der Waals surface area contributed by atoms with Crippen molar-refractivity contribution >= 4 is 16.0 Å². The Bertz CT molecular complexity index is 733. The molecular formula is C18H25NO4S. The highest BCUT2D eigenvalue weighted by Crippen LogP contribution is 2.44. The Morgan fingerprint density at radius 2 is 1.79 bits per heavy atom. The van der Waals surface area contributed by atoms with Crippen LogP contribution in [0, 0.1) is 5.92 Å². The number of rotatable bonds is 3. The van der Waals surface area contributed by atoms with Crippen LogP contribution in [0.4, 0.5) is 0 Å². The van der Waals surface area contributed by atoms with Gasteiger partial charge in [-0.25, -0.2) is 8.42 Å². The monoisotopic (exact) mass is 351 g/mol. The van der Waals surface area contributed by atoms with E-state index in [0.717, 1.165) is 24.8 Å². The van der Waals surface area contributed by atoms with Gasteiger partial charge in [0, 0.05) is 6.04 Å². The van der Waals surface area contributed by atoms with Gasteiger partial charge in [-0.15, -0.1) is 0 Å². The molecule has 24 heavy (non-hydrogen) atoms. The molecule has 1 N–H and O–H groups in total. The van der Waals surface area contributed by atoms with E-state index in [1.54, 1.807) is 12.1 Å². The summed E-state index contributed by atoms with van der Waals surface area (Å²) in [4.78, 5) is 11.8.